The van der Waals surface area contributed by atoms with E-state index in [1.807, 2.05) is 21.7 Å². The first-order valence-corrected chi connectivity index (χ1v) is 12.7. The molecule has 0 spiro atoms. The molecule has 0 N–H and O–H groups in total. The first kappa shape index (κ1) is 24.1. The number of rotatable bonds is 6. The quantitative estimate of drug-likeness (QED) is 0.452. The van der Waals surface area contributed by atoms with E-state index in [-0.39, 0.29) is 5.91 Å². The Hall–Kier alpha value is -3.64. The molecule has 1 atom stereocenters. The highest BCUT2D eigenvalue weighted by Crippen LogP contribution is 2.31. The molecule has 1 amide bonds. The lowest BCUT2D eigenvalue weighted by Crippen LogP contribution is -2.39. The average molecular weight is 483 g/mol. The number of hydrogen-bond donors (Lipinski definition) is 0. The van der Waals surface area contributed by atoms with Crippen LogP contribution in [0, 0.1) is 13.8 Å². The van der Waals surface area contributed by atoms with Gasteiger partial charge in [0.1, 0.15) is 5.82 Å². The summed E-state index contributed by atoms with van der Waals surface area (Å²) in [6, 6.07) is 21.0. The van der Waals surface area contributed by atoms with E-state index in [9.17, 15) is 4.79 Å². The monoisotopic (exact) mass is 482 g/mol. The van der Waals surface area contributed by atoms with Gasteiger partial charge >= 0.3 is 0 Å². The summed E-state index contributed by atoms with van der Waals surface area (Å²) in [7, 11) is 0. The van der Waals surface area contributed by atoms with Crippen molar-refractivity contribution in [3.05, 3.63) is 95.8 Å². The summed E-state index contributed by atoms with van der Waals surface area (Å²) in [5, 5.41) is 4.99. The number of piperidine rings is 1. The molecular weight excluding hydrogens is 448 g/mol. The Morgan fingerprint density at radius 1 is 1.06 bits per heavy atom. The Bertz CT molecular complexity index is 1250. The minimum Gasteiger partial charge on any atom is -0.378 e. The van der Waals surface area contributed by atoms with Crippen molar-refractivity contribution < 1.29 is 9.53 Å². The van der Waals surface area contributed by atoms with Crippen molar-refractivity contribution >= 4 is 11.7 Å². The summed E-state index contributed by atoms with van der Waals surface area (Å²) in [4.78, 5) is 17.1. The second kappa shape index (κ2) is 10.5. The Balaban J connectivity index is 1.47. The molecule has 2 fully saturated rings. The van der Waals surface area contributed by atoms with Crippen molar-refractivity contribution in [1.82, 2.24) is 19.6 Å². The van der Waals surface area contributed by atoms with Gasteiger partial charge in [0.2, 0.25) is 5.91 Å². The fourth-order valence-corrected chi connectivity index (χ4v) is 5.00. The maximum atomic E-state index is 13.0. The van der Waals surface area contributed by atoms with E-state index in [0.717, 1.165) is 42.3 Å². The van der Waals surface area contributed by atoms with Gasteiger partial charge in [-0.1, -0.05) is 66.7 Å². The molecule has 2 saturated heterocycles. The van der Waals surface area contributed by atoms with Gasteiger partial charge in [0.15, 0.2) is 0 Å². The first-order valence-electron chi connectivity index (χ1n) is 12.7. The van der Waals surface area contributed by atoms with Crippen LogP contribution in [-0.2, 0) is 9.53 Å². The molecule has 0 bridgehead atoms. The van der Waals surface area contributed by atoms with Crippen molar-refractivity contribution in [2.75, 3.05) is 32.8 Å². The van der Waals surface area contributed by atoms with Gasteiger partial charge in [-0.05, 0) is 31.9 Å². The van der Waals surface area contributed by atoms with E-state index in [4.69, 9.17) is 9.84 Å². The second-order valence-corrected chi connectivity index (χ2v) is 9.69. The van der Waals surface area contributed by atoms with Gasteiger partial charge in [-0.15, -0.1) is 0 Å². The molecule has 5 rings (SSSR count). The van der Waals surface area contributed by atoms with Gasteiger partial charge < -0.3 is 14.5 Å². The molecule has 3 aromatic rings. The number of ether oxygens (including phenoxy) is 1. The lowest BCUT2D eigenvalue weighted by atomic mass is 9.90. The van der Waals surface area contributed by atoms with Crippen molar-refractivity contribution in [2.24, 2.45) is 0 Å². The lowest BCUT2D eigenvalue weighted by Gasteiger charge is -2.35. The molecule has 3 heterocycles. The molecule has 1 aromatic heterocycles. The molecule has 2 aliphatic heterocycles. The first-order chi connectivity index (χ1) is 17.5. The summed E-state index contributed by atoms with van der Waals surface area (Å²) in [5.74, 6) is 1.36. The number of morpholine rings is 1. The molecule has 1 unspecified atom stereocenters. The lowest BCUT2D eigenvalue weighted by molar-refractivity contribution is -0.131. The van der Waals surface area contributed by atoms with Gasteiger partial charge in [-0.25, -0.2) is 4.68 Å². The molecule has 6 heteroatoms. The molecule has 2 aromatic carbocycles. The third kappa shape index (κ3) is 5.14. The van der Waals surface area contributed by atoms with E-state index in [1.165, 1.54) is 11.1 Å². The van der Waals surface area contributed by atoms with Crippen LogP contribution in [0.5, 0.6) is 0 Å². The molecule has 6 nitrogen and oxygen atoms in total. The molecule has 0 aliphatic carbocycles. The van der Waals surface area contributed by atoms with Crippen molar-refractivity contribution in [3.63, 3.8) is 0 Å². The standard InChI is InChI=1S/C30H34N4O2/c1-22-9-11-26(12-10-22)28-19-24(3)34(31-28)29(32-15-17-36-18-16-32)20-23(2)33-21-27(13-14-30(33)35)25-7-5-4-6-8-25/h4-12,19-20,27H,2,13-18,21H2,1,3H3/b29-20-. The summed E-state index contributed by atoms with van der Waals surface area (Å²) in [6.45, 7) is 12.0. The number of aromatic nitrogens is 2. The summed E-state index contributed by atoms with van der Waals surface area (Å²) < 4.78 is 7.60. The van der Waals surface area contributed by atoms with Crippen LogP contribution >= 0.6 is 0 Å². The molecular formula is C30H34N4O2. The highest BCUT2D eigenvalue weighted by atomic mass is 16.5. The van der Waals surface area contributed by atoms with Crippen LogP contribution in [-0.4, -0.2) is 58.3 Å². The van der Waals surface area contributed by atoms with E-state index >= 15 is 0 Å². The number of allylic oxidation sites excluding steroid dienone is 1. The summed E-state index contributed by atoms with van der Waals surface area (Å²) in [5.41, 5.74) is 6.23. The molecule has 186 valence electrons. The Labute approximate surface area is 213 Å². The van der Waals surface area contributed by atoms with Gasteiger partial charge in [-0.3, -0.25) is 4.79 Å². The molecule has 0 radical (unpaired) electrons. The zero-order valence-electron chi connectivity index (χ0n) is 21.2. The summed E-state index contributed by atoms with van der Waals surface area (Å²) >= 11 is 0. The van der Waals surface area contributed by atoms with Crippen LogP contribution in [0.1, 0.15) is 35.6 Å². The number of nitrogens with zero attached hydrogens (tertiary/aromatic N) is 4. The Morgan fingerprint density at radius 3 is 2.50 bits per heavy atom. The average Bonchev–Trinajstić information content (AvgIpc) is 3.30. The Kier molecular flexibility index (Phi) is 7.05. The largest absolute Gasteiger partial charge is 0.378 e. The maximum absolute atomic E-state index is 13.0. The topological polar surface area (TPSA) is 50.6 Å². The predicted octanol–water partition coefficient (Wildman–Crippen LogP) is 5.22. The molecule has 0 saturated carbocycles. The second-order valence-electron chi connectivity index (χ2n) is 9.69. The van der Waals surface area contributed by atoms with Gasteiger partial charge in [0.25, 0.3) is 0 Å². The van der Waals surface area contributed by atoms with E-state index in [1.54, 1.807) is 0 Å². The van der Waals surface area contributed by atoms with Crippen LogP contribution in [0.15, 0.2) is 79.0 Å². The fraction of sp³-hybridized carbons (Fsp3) is 0.333. The van der Waals surface area contributed by atoms with Crippen LogP contribution in [0.4, 0.5) is 0 Å². The number of amides is 1. The third-order valence-electron chi connectivity index (χ3n) is 7.11. The highest BCUT2D eigenvalue weighted by molar-refractivity contribution is 5.80. The minimum absolute atomic E-state index is 0.127. The van der Waals surface area contributed by atoms with E-state index in [2.05, 4.69) is 79.9 Å². The normalized spacial score (nSPS) is 19.0. The molecule has 36 heavy (non-hydrogen) atoms. The maximum Gasteiger partial charge on any atom is 0.227 e. The number of carbonyl (C=O) groups is 1. The zero-order chi connectivity index (χ0) is 25.1. The van der Waals surface area contributed by atoms with Crippen LogP contribution in [0.2, 0.25) is 0 Å². The number of aryl methyl sites for hydroxylation is 2. The van der Waals surface area contributed by atoms with Crippen molar-refractivity contribution in [2.45, 2.75) is 32.6 Å². The minimum atomic E-state index is 0.127. The van der Waals surface area contributed by atoms with Crippen LogP contribution < -0.4 is 0 Å². The molecule has 2 aliphatic rings. The Morgan fingerprint density at radius 2 is 1.78 bits per heavy atom. The van der Waals surface area contributed by atoms with E-state index in [0.29, 0.717) is 37.8 Å². The number of likely N-dealkylation sites (tertiary alicyclic amines) is 1. The van der Waals surface area contributed by atoms with Crippen LogP contribution in [0.3, 0.4) is 0 Å². The van der Waals surface area contributed by atoms with Gasteiger partial charge in [0.05, 0.1) is 18.9 Å². The van der Waals surface area contributed by atoms with Crippen LogP contribution in [0.25, 0.3) is 17.1 Å². The number of benzene rings is 2. The number of carbonyl (C=O) groups excluding carboxylic acids is 1. The SMILES string of the molecule is C=C(/C=C(/N1CCOCC1)n1nc(-c2ccc(C)cc2)cc1C)N1CC(c2ccccc2)CCC1=O. The highest BCUT2D eigenvalue weighted by Gasteiger charge is 2.29. The van der Waals surface area contributed by atoms with Crippen molar-refractivity contribution in [1.29, 1.82) is 0 Å². The number of hydrogen-bond acceptors (Lipinski definition) is 4. The van der Waals surface area contributed by atoms with E-state index < -0.39 is 0 Å². The summed E-state index contributed by atoms with van der Waals surface area (Å²) in [6.07, 6.45) is 3.41. The van der Waals surface area contributed by atoms with Crippen molar-refractivity contribution in [3.8, 4) is 11.3 Å². The third-order valence-corrected chi connectivity index (χ3v) is 7.11. The zero-order valence-corrected chi connectivity index (χ0v) is 21.2. The predicted molar refractivity (Wildman–Crippen MR) is 143 cm³/mol. The fourth-order valence-electron chi connectivity index (χ4n) is 5.00. The van der Waals surface area contributed by atoms with Gasteiger partial charge in [0, 0.05) is 55.0 Å². The smallest absolute Gasteiger partial charge is 0.227 e. The van der Waals surface area contributed by atoms with Gasteiger partial charge in [-0.2, -0.15) is 5.10 Å².